The number of nitrogens with one attached hydrogen (secondary N) is 2. The maximum Gasteiger partial charge on any atom is 0.407 e. The van der Waals surface area contributed by atoms with Crippen LogP contribution in [0.5, 0.6) is 0 Å². The fraction of sp³-hybridized carbons (Fsp3) is 0.840. The van der Waals surface area contributed by atoms with Crippen LogP contribution in [0.4, 0.5) is 4.79 Å². The molecule has 0 aromatic rings. The first-order valence-electron chi connectivity index (χ1n) is 12.5. The maximum atomic E-state index is 12.8. The number of ether oxygens (including phenoxy) is 4. The molecule has 0 radical (unpaired) electrons. The summed E-state index contributed by atoms with van der Waals surface area (Å²) < 4.78 is 24.1. The molecule has 1 aliphatic heterocycles. The van der Waals surface area contributed by atoms with Crippen molar-refractivity contribution in [1.82, 2.24) is 10.6 Å². The van der Waals surface area contributed by atoms with E-state index in [1.807, 2.05) is 13.8 Å². The minimum Gasteiger partial charge on any atom is -0.443 e. The number of rotatable bonds is 9. The molecule has 3 aliphatic rings. The second kappa shape index (κ2) is 11.4. The summed E-state index contributed by atoms with van der Waals surface area (Å²) in [4.78, 5) is 24.3. The van der Waals surface area contributed by atoms with Gasteiger partial charge in [0.05, 0.1) is 31.0 Å². The molecule has 2 saturated carbocycles. The van der Waals surface area contributed by atoms with E-state index in [1.54, 1.807) is 7.11 Å². The Kier molecular flexibility index (Phi) is 9.00. The molecule has 9 heteroatoms. The highest BCUT2D eigenvalue weighted by Crippen LogP contribution is 2.52. The average Bonchev–Trinajstić information content (AvgIpc) is 3.55. The summed E-state index contributed by atoms with van der Waals surface area (Å²) in [6, 6.07) is 0.145. The third kappa shape index (κ3) is 6.71. The van der Waals surface area contributed by atoms with Gasteiger partial charge < -0.3 is 35.3 Å². The lowest BCUT2D eigenvalue weighted by atomic mass is 9.68. The molecule has 0 aromatic carbocycles. The summed E-state index contributed by atoms with van der Waals surface area (Å²) in [5, 5.41) is 5.93. The van der Waals surface area contributed by atoms with Crippen LogP contribution in [0.3, 0.4) is 0 Å². The van der Waals surface area contributed by atoms with E-state index in [0.717, 1.165) is 32.1 Å². The monoisotopic (exact) mass is 481 g/mol. The zero-order chi connectivity index (χ0) is 24.9. The number of allylic oxidation sites excluding steroid dienone is 1. The quantitative estimate of drug-likeness (QED) is 0.341. The Labute approximate surface area is 203 Å². The van der Waals surface area contributed by atoms with Gasteiger partial charge in [-0.05, 0) is 66.2 Å². The Morgan fingerprint density at radius 1 is 1.12 bits per heavy atom. The first-order chi connectivity index (χ1) is 16.1. The fourth-order valence-corrected chi connectivity index (χ4v) is 5.60. The molecule has 34 heavy (non-hydrogen) atoms. The summed E-state index contributed by atoms with van der Waals surface area (Å²) in [6.07, 6.45) is 5.60. The van der Waals surface area contributed by atoms with Crippen LogP contribution in [-0.2, 0) is 23.7 Å². The molecular formula is C25H43N3O6. The molecule has 4 unspecified atom stereocenters. The van der Waals surface area contributed by atoms with Gasteiger partial charge in [-0.1, -0.05) is 11.6 Å². The SMILES string of the molecule is COC1C(OC(=O)NC2CCC(NC(=O)CN)CC2)CCC2(CO2)C1C(C)(C)OCC=C(C)C. The molecule has 3 rings (SSSR count). The van der Waals surface area contributed by atoms with Crippen molar-refractivity contribution >= 4 is 12.0 Å². The van der Waals surface area contributed by atoms with E-state index in [0.29, 0.717) is 19.6 Å². The van der Waals surface area contributed by atoms with Crippen molar-refractivity contribution in [2.24, 2.45) is 11.7 Å². The van der Waals surface area contributed by atoms with Crippen LogP contribution >= 0.6 is 0 Å². The summed E-state index contributed by atoms with van der Waals surface area (Å²) in [7, 11) is 1.66. The second-order valence-electron chi connectivity index (χ2n) is 10.7. The van der Waals surface area contributed by atoms with Gasteiger partial charge in [-0.25, -0.2) is 4.79 Å². The number of carbonyl (C=O) groups is 2. The molecular weight excluding hydrogens is 438 g/mol. The normalized spacial score (nSPS) is 33.2. The topological polar surface area (TPSA) is 124 Å². The van der Waals surface area contributed by atoms with Gasteiger partial charge in [-0.15, -0.1) is 0 Å². The van der Waals surface area contributed by atoms with E-state index in [1.165, 1.54) is 5.57 Å². The molecule has 3 fully saturated rings. The molecule has 4 atom stereocenters. The Morgan fingerprint density at radius 3 is 2.26 bits per heavy atom. The summed E-state index contributed by atoms with van der Waals surface area (Å²) in [6.45, 7) is 9.41. The van der Waals surface area contributed by atoms with E-state index in [2.05, 4.69) is 30.6 Å². The van der Waals surface area contributed by atoms with Gasteiger partial charge in [0.1, 0.15) is 12.2 Å². The second-order valence-corrected chi connectivity index (χ2v) is 10.7. The molecule has 4 N–H and O–H groups in total. The van der Waals surface area contributed by atoms with Crippen LogP contribution in [0, 0.1) is 5.92 Å². The predicted octanol–water partition coefficient (Wildman–Crippen LogP) is 2.42. The lowest BCUT2D eigenvalue weighted by Crippen LogP contribution is -2.59. The van der Waals surface area contributed by atoms with E-state index in [9.17, 15) is 9.59 Å². The first-order valence-corrected chi connectivity index (χ1v) is 12.5. The van der Waals surface area contributed by atoms with Gasteiger partial charge in [0, 0.05) is 25.1 Å². The lowest BCUT2D eigenvalue weighted by Gasteiger charge is -2.47. The Bertz CT molecular complexity index is 739. The first kappa shape index (κ1) is 26.9. The molecule has 0 bridgehead atoms. The molecule has 2 amide bonds. The van der Waals surface area contributed by atoms with Crippen LogP contribution in [-0.4, -0.2) is 74.4 Å². The van der Waals surface area contributed by atoms with E-state index >= 15 is 0 Å². The third-order valence-electron chi connectivity index (χ3n) is 7.46. The van der Waals surface area contributed by atoms with Crippen LogP contribution in [0.25, 0.3) is 0 Å². The van der Waals surface area contributed by atoms with Gasteiger partial charge in [0.25, 0.3) is 0 Å². The third-order valence-corrected chi connectivity index (χ3v) is 7.46. The van der Waals surface area contributed by atoms with Crippen molar-refractivity contribution in [2.45, 2.75) is 102 Å². The molecule has 2 aliphatic carbocycles. The number of amides is 2. The Hall–Kier alpha value is -1.68. The van der Waals surface area contributed by atoms with Crippen molar-refractivity contribution in [2.75, 3.05) is 26.9 Å². The zero-order valence-electron chi connectivity index (χ0n) is 21.4. The van der Waals surface area contributed by atoms with Crippen molar-refractivity contribution in [3.05, 3.63) is 11.6 Å². The van der Waals surface area contributed by atoms with Gasteiger partial charge in [0.2, 0.25) is 5.91 Å². The predicted molar refractivity (Wildman–Crippen MR) is 128 cm³/mol. The highest BCUT2D eigenvalue weighted by molar-refractivity contribution is 5.78. The van der Waals surface area contributed by atoms with Crippen molar-refractivity contribution in [3.8, 4) is 0 Å². The average molecular weight is 482 g/mol. The standard InChI is InChI=1S/C25H43N3O6/c1-16(2)11-13-32-24(3,4)22-21(31-5)19(10-12-25(22)15-33-25)34-23(30)28-18-8-6-17(7-9-18)27-20(29)14-26/h11,17-19,21-22H,6-10,12-15,26H2,1-5H3,(H,27,29)(H,28,30). The summed E-state index contributed by atoms with van der Waals surface area (Å²) in [5.74, 6) is -0.206. The van der Waals surface area contributed by atoms with Crippen molar-refractivity contribution in [3.63, 3.8) is 0 Å². The number of hydrogen-bond donors (Lipinski definition) is 3. The Balaban J connectivity index is 1.56. The van der Waals surface area contributed by atoms with Gasteiger partial charge in [0.15, 0.2) is 0 Å². The van der Waals surface area contributed by atoms with Gasteiger partial charge in [-0.2, -0.15) is 0 Å². The van der Waals surface area contributed by atoms with E-state index < -0.39 is 11.7 Å². The molecule has 194 valence electrons. The van der Waals surface area contributed by atoms with Crippen LogP contribution in [0.2, 0.25) is 0 Å². The van der Waals surface area contributed by atoms with Crippen LogP contribution in [0.1, 0.15) is 66.2 Å². The number of nitrogens with two attached hydrogens (primary N) is 1. The highest BCUT2D eigenvalue weighted by atomic mass is 16.6. The van der Waals surface area contributed by atoms with Crippen molar-refractivity contribution < 1.29 is 28.5 Å². The number of hydrogen-bond acceptors (Lipinski definition) is 7. The van der Waals surface area contributed by atoms with Crippen LogP contribution in [0.15, 0.2) is 11.6 Å². The Morgan fingerprint density at radius 2 is 1.74 bits per heavy atom. The summed E-state index contributed by atoms with van der Waals surface area (Å²) >= 11 is 0. The number of carbonyl (C=O) groups excluding carboxylic acids is 2. The smallest absolute Gasteiger partial charge is 0.407 e. The number of methoxy groups -OCH3 is 1. The molecule has 9 nitrogen and oxygen atoms in total. The summed E-state index contributed by atoms with van der Waals surface area (Å²) in [5.41, 5.74) is 5.78. The van der Waals surface area contributed by atoms with Crippen LogP contribution < -0.4 is 16.4 Å². The number of epoxide rings is 1. The van der Waals surface area contributed by atoms with Crippen molar-refractivity contribution in [1.29, 1.82) is 0 Å². The van der Waals surface area contributed by atoms with Gasteiger partial charge >= 0.3 is 6.09 Å². The molecule has 1 spiro atoms. The zero-order valence-corrected chi connectivity index (χ0v) is 21.4. The molecule has 0 aromatic heterocycles. The largest absolute Gasteiger partial charge is 0.443 e. The highest BCUT2D eigenvalue weighted by Gasteiger charge is 2.64. The lowest BCUT2D eigenvalue weighted by molar-refractivity contribution is -0.172. The minimum absolute atomic E-state index is 0.00330. The van der Waals surface area contributed by atoms with Gasteiger partial charge in [-0.3, -0.25) is 4.79 Å². The van der Waals surface area contributed by atoms with E-state index in [-0.39, 0.29) is 48.3 Å². The maximum absolute atomic E-state index is 12.8. The molecule has 1 saturated heterocycles. The molecule has 1 heterocycles. The number of alkyl carbamates (subject to hydrolysis) is 1. The minimum atomic E-state index is -0.520. The van der Waals surface area contributed by atoms with E-state index in [4.69, 9.17) is 24.7 Å². The fourth-order valence-electron chi connectivity index (χ4n) is 5.60.